The van der Waals surface area contributed by atoms with Crippen LogP contribution in [0.5, 0.6) is 0 Å². The van der Waals surface area contributed by atoms with E-state index in [4.69, 9.17) is 9.90 Å². The van der Waals surface area contributed by atoms with E-state index >= 15 is 0 Å². The number of likely N-dealkylation sites (tertiary alicyclic amines) is 1. The number of nitrogens with zero attached hydrogens (tertiary/aromatic N) is 4. The van der Waals surface area contributed by atoms with Crippen LogP contribution in [0.4, 0.5) is 13.2 Å². The Balaban J connectivity index is 0.000000405. The molecule has 11 heteroatoms. The molecular weight excluding hydrogens is 489 g/mol. The van der Waals surface area contributed by atoms with Crippen LogP contribution in [0.25, 0.3) is 0 Å². The van der Waals surface area contributed by atoms with E-state index in [-0.39, 0.29) is 23.9 Å². The molecule has 37 heavy (non-hydrogen) atoms. The molecule has 2 amide bonds. The van der Waals surface area contributed by atoms with Crippen LogP contribution in [0.2, 0.25) is 0 Å². The predicted octanol–water partition coefficient (Wildman–Crippen LogP) is 3.48. The lowest BCUT2D eigenvalue weighted by molar-refractivity contribution is -0.192. The number of hydrogen-bond acceptors (Lipinski definition) is 4. The Bertz CT molecular complexity index is 1290. The summed E-state index contributed by atoms with van der Waals surface area (Å²) >= 11 is 0. The Labute approximate surface area is 210 Å². The minimum absolute atomic E-state index is 0.0123. The first-order valence-electron chi connectivity index (χ1n) is 11.6. The number of carbonyl (C=O) groups is 3. The van der Waals surface area contributed by atoms with Crippen LogP contribution >= 0.6 is 0 Å². The third-order valence-electron chi connectivity index (χ3n) is 6.55. The number of amides is 2. The van der Waals surface area contributed by atoms with Gasteiger partial charge in [-0.15, -0.1) is 0 Å². The summed E-state index contributed by atoms with van der Waals surface area (Å²) in [7, 11) is 0. The fourth-order valence-corrected chi connectivity index (χ4v) is 4.68. The SMILES string of the molecule is Cc1ccccc1CC(=O)N1C[C@@H]2[C@H](C1)n1cccc1C(=O)N2Cc1cccnc1.O=C(O)C(F)(F)F. The van der Waals surface area contributed by atoms with Crippen LogP contribution in [-0.4, -0.2) is 67.5 Å². The summed E-state index contributed by atoms with van der Waals surface area (Å²) in [6, 6.07) is 15.7. The van der Waals surface area contributed by atoms with Gasteiger partial charge in [0.15, 0.2) is 0 Å². The maximum atomic E-state index is 13.2. The topological polar surface area (TPSA) is 95.7 Å². The van der Waals surface area contributed by atoms with Gasteiger partial charge < -0.3 is 19.5 Å². The number of fused-ring (bicyclic) bond motifs is 3. The molecular formula is C26H25F3N4O4. The van der Waals surface area contributed by atoms with Crippen molar-refractivity contribution in [1.82, 2.24) is 19.4 Å². The monoisotopic (exact) mass is 514 g/mol. The molecule has 1 fully saturated rings. The zero-order valence-electron chi connectivity index (χ0n) is 19.9. The summed E-state index contributed by atoms with van der Waals surface area (Å²) in [4.78, 5) is 43.2. The normalized spacial score (nSPS) is 18.5. The average Bonchev–Trinajstić information content (AvgIpc) is 3.51. The highest BCUT2D eigenvalue weighted by Gasteiger charge is 2.46. The number of carboxylic acid groups (broad SMARTS) is 1. The van der Waals surface area contributed by atoms with Crippen LogP contribution in [0.15, 0.2) is 67.1 Å². The largest absolute Gasteiger partial charge is 0.490 e. The third kappa shape index (κ3) is 5.65. The zero-order chi connectivity index (χ0) is 26.7. The molecule has 0 spiro atoms. The van der Waals surface area contributed by atoms with Crippen molar-refractivity contribution < 1.29 is 32.7 Å². The first kappa shape index (κ1) is 25.9. The highest BCUT2D eigenvalue weighted by molar-refractivity contribution is 5.94. The van der Waals surface area contributed by atoms with Gasteiger partial charge in [-0.25, -0.2) is 4.79 Å². The first-order chi connectivity index (χ1) is 17.6. The van der Waals surface area contributed by atoms with Crippen molar-refractivity contribution in [3.63, 3.8) is 0 Å². The van der Waals surface area contributed by atoms with Gasteiger partial charge in [0.1, 0.15) is 5.69 Å². The number of carboxylic acids is 1. The van der Waals surface area contributed by atoms with E-state index in [1.54, 1.807) is 12.4 Å². The number of hydrogen-bond donors (Lipinski definition) is 1. The molecule has 1 N–H and O–H groups in total. The summed E-state index contributed by atoms with van der Waals surface area (Å²) in [5.41, 5.74) is 3.87. The van der Waals surface area contributed by atoms with E-state index in [2.05, 4.69) is 4.98 Å². The number of aromatic nitrogens is 2. The smallest absolute Gasteiger partial charge is 0.475 e. The summed E-state index contributed by atoms with van der Waals surface area (Å²) in [6.45, 7) is 3.71. The van der Waals surface area contributed by atoms with E-state index in [9.17, 15) is 22.8 Å². The standard InChI is InChI=1S/C24H24N4O2.C2HF3O2/c1-17-6-2-3-8-19(17)12-23(29)26-15-21-22(16-26)28(14-18-7-4-10-25-13-18)24(30)20-9-5-11-27(20)21;3-2(4,5)1(6)7/h2-11,13,21-22H,12,14-16H2,1H3;(H,6,7)/t21-,22+;/m0./s1. The molecule has 0 aliphatic carbocycles. The summed E-state index contributed by atoms with van der Waals surface area (Å²) in [5, 5.41) is 7.12. The molecule has 5 rings (SSSR count). The van der Waals surface area contributed by atoms with Gasteiger partial charge in [-0.3, -0.25) is 14.6 Å². The van der Waals surface area contributed by atoms with Crippen molar-refractivity contribution in [1.29, 1.82) is 0 Å². The quantitative estimate of drug-likeness (QED) is 0.575. The molecule has 2 aliphatic rings. The molecule has 8 nitrogen and oxygen atoms in total. The number of carbonyl (C=O) groups excluding carboxylic acids is 2. The Morgan fingerprint density at radius 1 is 1.05 bits per heavy atom. The molecule has 2 aromatic heterocycles. The Morgan fingerprint density at radius 2 is 1.76 bits per heavy atom. The fraction of sp³-hybridized carbons (Fsp3) is 0.308. The van der Waals surface area contributed by atoms with E-state index in [1.807, 2.05) is 76.0 Å². The van der Waals surface area contributed by atoms with Gasteiger partial charge in [0.25, 0.3) is 5.91 Å². The lowest BCUT2D eigenvalue weighted by Crippen LogP contribution is -2.49. The molecule has 0 saturated carbocycles. The molecule has 3 aromatic rings. The maximum Gasteiger partial charge on any atom is 0.490 e. The van der Waals surface area contributed by atoms with Crippen molar-refractivity contribution >= 4 is 17.8 Å². The van der Waals surface area contributed by atoms with Gasteiger partial charge in [-0.2, -0.15) is 13.2 Å². The van der Waals surface area contributed by atoms with Gasteiger partial charge in [0, 0.05) is 38.2 Å². The van der Waals surface area contributed by atoms with Crippen LogP contribution in [0.3, 0.4) is 0 Å². The average molecular weight is 515 g/mol. The number of rotatable bonds is 4. The third-order valence-corrected chi connectivity index (χ3v) is 6.55. The van der Waals surface area contributed by atoms with Crippen LogP contribution in [0, 0.1) is 6.92 Å². The second-order valence-electron chi connectivity index (χ2n) is 8.93. The van der Waals surface area contributed by atoms with Gasteiger partial charge in [0.2, 0.25) is 5.91 Å². The lowest BCUT2D eigenvalue weighted by Gasteiger charge is -2.38. The van der Waals surface area contributed by atoms with Crippen LogP contribution < -0.4 is 0 Å². The highest BCUT2D eigenvalue weighted by atomic mass is 19.4. The van der Waals surface area contributed by atoms with Gasteiger partial charge in [-0.05, 0) is 41.8 Å². The van der Waals surface area contributed by atoms with Gasteiger partial charge in [0.05, 0.1) is 18.5 Å². The second-order valence-corrected chi connectivity index (χ2v) is 8.93. The molecule has 0 unspecified atom stereocenters. The minimum atomic E-state index is -5.08. The van der Waals surface area contributed by atoms with E-state index in [0.29, 0.717) is 31.7 Å². The van der Waals surface area contributed by atoms with Gasteiger partial charge >= 0.3 is 12.1 Å². The number of pyridine rings is 1. The number of alkyl halides is 3. The fourth-order valence-electron chi connectivity index (χ4n) is 4.68. The maximum absolute atomic E-state index is 13.2. The van der Waals surface area contributed by atoms with Gasteiger partial charge in [-0.1, -0.05) is 30.3 Å². The number of halogens is 3. The summed E-state index contributed by atoms with van der Waals surface area (Å²) in [6.07, 6.45) is 0.797. The predicted molar refractivity (Wildman–Crippen MR) is 127 cm³/mol. The van der Waals surface area contributed by atoms with E-state index in [1.165, 1.54) is 0 Å². The Kier molecular flexibility index (Phi) is 7.33. The molecule has 0 bridgehead atoms. The number of aryl methyl sites for hydroxylation is 1. The number of benzene rings is 1. The van der Waals surface area contributed by atoms with Crippen molar-refractivity contribution in [3.8, 4) is 0 Å². The van der Waals surface area contributed by atoms with Crippen LogP contribution in [-0.2, 0) is 22.6 Å². The zero-order valence-corrected chi connectivity index (χ0v) is 19.9. The molecule has 4 heterocycles. The molecule has 1 aromatic carbocycles. The minimum Gasteiger partial charge on any atom is -0.475 e. The van der Waals surface area contributed by atoms with E-state index in [0.717, 1.165) is 16.7 Å². The second kappa shape index (κ2) is 10.5. The Hall–Kier alpha value is -4.15. The van der Waals surface area contributed by atoms with Crippen LogP contribution in [0.1, 0.15) is 33.2 Å². The summed E-state index contributed by atoms with van der Waals surface area (Å²) < 4.78 is 33.8. The molecule has 2 atom stereocenters. The first-order valence-corrected chi connectivity index (χ1v) is 11.6. The Morgan fingerprint density at radius 3 is 2.41 bits per heavy atom. The van der Waals surface area contributed by atoms with Crippen molar-refractivity contribution in [2.75, 3.05) is 13.1 Å². The van der Waals surface area contributed by atoms with Crippen molar-refractivity contribution in [3.05, 3.63) is 89.5 Å². The highest BCUT2D eigenvalue weighted by Crippen LogP contribution is 2.35. The molecule has 194 valence electrons. The lowest BCUT2D eigenvalue weighted by atomic mass is 10.0. The molecule has 0 radical (unpaired) electrons. The molecule has 1 saturated heterocycles. The van der Waals surface area contributed by atoms with Crippen molar-refractivity contribution in [2.45, 2.75) is 38.1 Å². The van der Waals surface area contributed by atoms with E-state index < -0.39 is 12.1 Å². The van der Waals surface area contributed by atoms with Crippen molar-refractivity contribution in [2.24, 2.45) is 0 Å². The summed E-state index contributed by atoms with van der Waals surface area (Å²) in [5.74, 6) is -2.63. The number of aliphatic carboxylic acids is 1. The molecule has 2 aliphatic heterocycles.